The number of halogens is 1. The van der Waals surface area contributed by atoms with Crippen molar-refractivity contribution in [1.29, 1.82) is 0 Å². The highest BCUT2D eigenvalue weighted by Crippen LogP contribution is 2.39. The number of benzene rings is 2. The first-order chi connectivity index (χ1) is 12.7. The number of aromatic hydroxyl groups is 1. The number of ketones is 1. The molecule has 0 spiro atoms. The molecule has 0 atom stereocenters. The minimum absolute atomic E-state index is 0.0108. The Labute approximate surface area is 154 Å². The van der Waals surface area contributed by atoms with Crippen molar-refractivity contribution in [3.05, 3.63) is 30.1 Å². The van der Waals surface area contributed by atoms with Gasteiger partial charge in [0.05, 0.1) is 6.61 Å². The maximum absolute atomic E-state index is 15.0. The maximum Gasteiger partial charge on any atom is 0.326 e. The van der Waals surface area contributed by atoms with E-state index >= 15 is 4.39 Å². The molecule has 0 bridgehead atoms. The third kappa shape index (κ3) is 3.65. The average molecular weight is 396 g/mol. The van der Waals surface area contributed by atoms with Crippen LogP contribution < -0.4 is 13.8 Å². The molecule has 0 aromatic heterocycles. The molecule has 2 aromatic rings. The standard InChI is InChI=1S/C17H17FN2O6S/c1-2-11(21)5-6-26-12-4-3-10-7-14(22)17(16(18)13(10)8-12)20-9-15(23)19-27(20,24)25/h3-4,7-8,22H,2,5-6,9H2,1H3,(H,19,23). The number of phenols is 1. The molecule has 0 saturated carbocycles. The van der Waals surface area contributed by atoms with Crippen molar-refractivity contribution in [2.75, 3.05) is 17.5 Å². The minimum Gasteiger partial charge on any atom is -0.506 e. The van der Waals surface area contributed by atoms with Crippen molar-refractivity contribution in [3.8, 4) is 11.5 Å². The lowest BCUT2D eigenvalue weighted by atomic mass is 10.1. The quantitative estimate of drug-likeness (QED) is 0.767. The number of nitrogens with one attached hydrogen (secondary N) is 1. The molecule has 0 aliphatic carbocycles. The van der Waals surface area contributed by atoms with E-state index in [2.05, 4.69) is 0 Å². The van der Waals surface area contributed by atoms with Crippen LogP contribution >= 0.6 is 0 Å². The van der Waals surface area contributed by atoms with Gasteiger partial charge in [0, 0.05) is 18.2 Å². The Hall–Kier alpha value is -2.88. The predicted octanol–water partition coefficient (Wildman–Crippen LogP) is 1.61. The van der Waals surface area contributed by atoms with Gasteiger partial charge in [-0.3, -0.25) is 9.59 Å². The van der Waals surface area contributed by atoms with Gasteiger partial charge in [0.2, 0.25) is 0 Å². The lowest BCUT2D eigenvalue weighted by Crippen LogP contribution is -2.30. The van der Waals surface area contributed by atoms with Gasteiger partial charge in [-0.05, 0) is 23.6 Å². The molecule has 0 radical (unpaired) electrons. The molecule has 1 fully saturated rings. The fourth-order valence-corrected chi connectivity index (χ4v) is 3.90. The summed E-state index contributed by atoms with van der Waals surface area (Å²) in [7, 11) is -4.27. The summed E-state index contributed by atoms with van der Waals surface area (Å²) in [6.07, 6.45) is 0.618. The van der Waals surface area contributed by atoms with Gasteiger partial charge in [0.1, 0.15) is 29.5 Å². The first-order valence-electron chi connectivity index (χ1n) is 8.16. The Morgan fingerprint density at radius 3 is 2.74 bits per heavy atom. The van der Waals surface area contributed by atoms with E-state index in [-0.39, 0.29) is 24.2 Å². The second-order valence-corrected chi connectivity index (χ2v) is 7.56. The van der Waals surface area contributed by atoms with Crippen LogP contribution in [0, 0.1) is 5.82 Å². The van der Waals surface area contributed by atoms with Crippen molar-refractivity contribution >= 4 is 38.4 Å². The van der Waals surface area contributed by atoms with Crippen LogP contribution in [-0.4, -0.2) is 38.4 Å². The Balaban J connectivity index is 1.99. The summed E-state index contributed by atoms with van der Waals surface area (Å²) in [6, 6.07) is 5.61. The second kappa shape index (κ2) is 7.03. The fraction of sp³-hybridized carbons (Fsp3) is 0.294. The Bertz CT molecular complexity index is 1040. The van der Waals surface area contributed by atoms with Crippen molar-refractivity contribution < 1.29 is 32.2 Å². The van der Waals surface area contributed by atoms with Crippen molar-refractivity contribution in [2.24, 2.45) is 0 Å². The molecular formula is C17H17FN2O6S. The summed E-state index contributed by atoms with van der Waals surface area (Å²) in [5.41, 5.74) is -0.612. The third-order valence-electron chi connectivity index (χ3n) is 4.12. The van der Waals surface area contributed by atoms with Gasteiger partial charge in [-0.2, -0.15) is 8.42 Å². The van der Waals surface area contributed by atoms with Crippen LogP contribution in [0.4, 0.5) is 10.1 Å². The Morgan fingerprint density at radius 2 is 2.11 bits per heavy atom. The van der Waals surface area contributed by atoms with E-state index in [1.54, 1.807) is 17.7 Å². The van der Waals surface area contributed by atoms with Gasteiger partial charge in [0.25, 0.3) is 5.91 Å². The van der Waals surface area contributed by atoms with E-state index in [1.807, 2.05) is 0 Å². The molecule has 144 valence electrons. The van der Waals surface area contributed by atoms with Crippen LogP contribution in [0.25, 0.3) is 10.8 Å². The van der Waals surface area contributed by atoms with Crippen LogP contribution in [0.5, 0.6) is 11.5 Å². The monoisotopic (exact) mass is 396 g/mol. The van der Waals surface area contributed by atoms with E-state index in [0.29, 0.717) is 21.9 Å². The van der Waals surface area contributed by atoms with E-state index in [1.165, 1.54) is 18.2 Å². The zero-order chi connectivity index (χ0) is 19.8. The number of anilines is 1. The molecule has 2 aromatic carbocycles. The Kier molecular flexibility index (Phi) is 4.92. The van der Waals surface area contributed by atoms with Gasteiger partial charge in [-0.1, -0.05) is 13.0 Å². The zero-order valence-electron chi connectivity index (χ0n) is 14.4. The third-order valence-corrected chi connectivity index (χ3v) is 5.50. The molecule has 2 N–H and O–H groups in total. The van der Waals surface area contributed by atoms with Gasteiger partial charge in [0.15, 0.2) is 5.82 Å². The first-order valence-corrected chi connectivity index (χ1v) is 9.60. The number of ether oxygens (including phenoxy) is 1. The maximum atomic E-state index is 15.0. The molecule has 1 aliphatic heterocycles. The number of fused-ring (bicyclic) bond motifs is 1. The molecule has 0 unspecified atom stereocenters. The molecule has 10 heteroatoms. The van der Waals surface area contributed by atoms with Crippen LogP contribution in [0.1, 0.15) is 19.8 Å². The van der Waals surface area contributed by atoms with Crippen LogP contribution in [-0.2, 0) is 19.8 Å². The van der Waals surface area contributed by atoms with E-state index in [0.717, 1.165) is 0 Å². The normalized spacial score (nSPS) is 15.8. The fourth-order valence-electron chi connectivity index (χ4n) is 2.74. The molecule has 8 nitrogen and oxygen atoms in total. The van der Waals surface area contributed by atoms with Gasteiger partial charge < -0.3 is 9.84 Å². The van der Waals surface area contributed by atoms with E-state index in [4.69, 9.17) is 4.74 Å². The average Bonchev–Trinajstić information content (AvgIpc) is 2.87. The number of carbonyl (C=O) groups is 2. The van der Waals surface area contributed by atoms with Crippen molar-refractivity contribution in [1.82, 2.24) is 4.72 Å². The summed E-state index contributed by atoms with van der Waals surface area (Å²) in [4.78, 5) is 22.7. The molecule has 1 aliphatic rings. The smallest absolute Gasteiger partial charge is 0.326 e. The largest absolute Gasteiger partial charge is 0.506 e. The van der Waals surface area contributed by atoms with Gasteiger partial charge in [-0.15, -0.1) is 0 Å². The number of Topliss-reactive ketones (excluding diaryl/α,β-unsaturated/α-hetero) is 1. The molecule has 1 saturated heterocycles. The molecule has 1 amide bonds. The van der Waals surface area contributed by atoms with Gasteiger partial charge >= 0.3 is 10.2 Å². The summed E-state index contributed by atoms with van der Waals surface area (Å²) in [6.45, 7) is 1.24. The number of hydrogen-bond donors (Lipinski definition) is 2. The molecule has 27 heavy (non-hydrogen) atoms. The topological polar surface area (TPSA) is 113 Å². The highest BCUT2D eigenvalue weighted by atomic mass is 32.2. The number of nitrogens with zero attached hydrogens (tertiary/aromatic N) is 1. The van der Waals surface area contributed by atoms with Crippen LogP contribution in [0.2, 0.25) is 0 Å². The highest BCUT2D eigenvalue weighted by Gasteiger charge is 2.37. The summed E-state index contributed by atoms with van der Waals surface area (Å²) in [5.74, 6) is -2.11. The summed E-state index contributed by atoms with van der Waals surface area (Å²) >= 11 is 0. The number of hydrogen-bond acceptors (Lipinski definition) is 6. The zero-order valence-corrected chi connectivity index (χ0v) is 15.2. The lowest BCUT2D eigenvalue weighted by molar-refractivity contribution is -0.119. The van der Waals surface area contributed by atoms with Crippen molar-refractivity contribution in [2.45, 2.75) is 19.8 Å². The second-order valence-electron chi connectivity index (χ2n) is 5.97. The molecule has 3 rings (SSSR count). The van der Waals surface area contributed by atoms with E-state index < -0.39 is 39.9 Å². The predicted molar refractivity (Wildman–Crippen MR) is 95.4 cm³/mol. The minimum atomic E-state index is -4.27. The van der Waals surface area contributed by atoms with Crippen LogP contribution in [0.15, 0.2) is 24.3 Å². The molecule has 1 heterocycles. The SMILES string of the molecule is CCC(=O)CCOc1ccc2cc(O)c(N3CC(=O)NS3(=O)=O)c(F)c2c1. The van der Waals surface area contributed by atoms with E-state index in [9.17, 15) is 23.1 Å². The summed E-state index contributed by atoms with van der Waals surface area (Å²) < 4.78 is 46.6. The Morgan fingerprint density at radius 1 is 1.37 bits per heavy atom. The number of amides is 1. The number of rotatable bonds is 6. The molecular weight excluding hydrogens is 379 g/mol. The number of carbonyl (C=O) groups excluding carboxylic acids is 2. The number of phenolic OH excluding ortho intramolecular Hbond substituents is 1. The van der Waals surface area contributed by atoms with Crippen LogP contribution in [0.3, 0.4) is 0 Å². The highest BCUT2D eigenvalue weighted by molar-refractivity contribution is 7.92. The first kappa shape index (κ1) is 18.9. The summed E-state index contributed by atoms with van der Waals surface area (Å²) in [5, 5.41) is 10.4. The van der Waals surface area contributed by atoms with Crippen molar-refractivity contribution in [3.63, 3.8) is 0 Å². The lowest BCUT2D eigenvalue weighted by Gasteiger charge is -2.18. The van der Waals surface area contributed by atoms with Gasteiger partial charge in [-0.25, -0.2) is 13.4 Å².